The monoisotopic (exact) mass is 409 g/mol. The molecule has 1 aromatic carbocycles. The van der Waals surface area contributed by atoms with E-state index < -0.39 is 7.60 Å². The standard InChI is InChI=1S/C18H24N3O6P/c1-5-26-28(23,27-6-2)16(12-21-18-19-8-7-9-20-18)13-10-14(24-3)17(22)15(11-13)25-4/h7-12,22H,5-6H2,1-4H3,(H,19,20,21). The fraction of sp³-hybridized carbons (Fsp3) is 0.333. The minimum absolute atomic E-state index is 0.149. The summed E-state index contributed by atoms with van der Waals surface area (Å²) in [5.41, 5.74) is 0.417. The van der Waals surface area contributed by atoms with E-state index in [1.54, 1.807) is 32.3 Å². The Morgan fingerprint density at radius 1 is 1.11 bits per heavy atom. The first-order chi connectivity index (χ1) is 13.5. The molecule has 0 unspecified atom stereocenters. The quantitative estimate of drug-likeness (QED) is 0.565. The van der Waals surface area contributed by atoms with E-state index in [4.69, 9.17) is 18.5 Å². The van der Waals surface area contributed by atoms with Gasteiger partial charge in [0, 0.05) is 18.6 Å². The summed E-state index contributed by atoms with van der Waals surface area (Å²) in [6, 6.07) is 4.71. The number of nitrogens with one attached hydrogen (secondary N) is 1. The Hall–Kier alpha value is -2.61. The lowest BCUT2D eigenvalue weighted by molar-refractivity contribution is 0.230. The predicted molar refractivity (Wildman–Crippen MR) is 106 cm³/mol. The zero-order valence-corrected chi connectivity index (χ0v) is 17.1. The van der Waals surface area contributed by atoms with Crippen molar-refractivity contribution >= 4 is 18.9 Å². The van der Waals surface area contributed by atoms with Crippen LogP contribution < -0.4 is 14.8 Å². The van der Waals surface area contributed by atoms with Gasteiger partial charge in [-0.25, -0.2) is 9.97 Å². The van der Waals surface area contributed by atoms with E-state index in [1.807, 2.05) is 0 Å². The summed E-state index contributed by atoms with van der Waals surface area (Å²) in [7, 11) is -0.904. The summed E-state index contributed by atoms with van der Waals surface area (Å²) in [5.74, 6) is 0.430. The average molecular weight is 409 g/mol. The topological polar surface area (TPSA) is 112 Å². The Morgan fingerprint density at radius 3 is 2.11 bits per heavy atom. The number of hydrogen-bond donors (Lipinski definition) is 2. The minimum Gasteiger partial charge on any atom is -0.502 e. The van der Waals surface area contributed by atoms with Gasteiger partial charge >= 0.3 is 7.60 Å². The van der Waals surface area contributed by atoms with Gasteiger partial charge in [0.05, 0.1) is 32.7 Å². The summed E-state index contributed by atoms with van der Waals surface area (Å²) in [5, 5.41) is 13.3. The van der Waals surface area contributed by atoms with Gasteiger partial charge in [-0.05, 0) is 37.6 Å². The third kappa shape index (κ3) is 5.01. The van der Waals surface area contributed by atoms with Crippen molar-refractivity contribution < 1.29 is 28.2 Å². The first-order valence-electron chi connectivity index (χ1n) is 8.57. The highest BCUT2D eigenvalue weighted by Gasteiger charge is 2.32. The smallest absolute Gasteiger partial charge is 0.363 e. The SMILES string of the molecule is CCOP(=O)(OCC)C(=CNc1ncccn1)c1cc(OC)c(O)c(OC)c1. The Morgan fingerprint density at radius 2 is 1.64 bits per heavy atom. The summed E-state index contributed by atoms with van der Waals surface area (Å²) in [4.78, 5) is 8.14. The predicted octanol–water partition coefficient (Wildman–Crippen LogP) is 3.88. The van der Waals surface area contributed by atoms with Crippen molar-refractivity contribution in [1.29, 1.82) is 0 Å². The zero-order valence-electron chi connectivity index (χ0n) is 16.2. The number of anilines is 1. The van der Waals surface area contributed by atoms with Gasteiger partial charge in [0.1, 0.15) is 0 Å². The van der Waals surface area contributed by atoms with Crippen LogP contribution in [0.15, 0.2) is 36.8 Å². The number of hydrogen-bond acceptors (Lipinski definition) is 9. The fourth-order valence-electron chi connectivity index (χ4n) is 2.38. The van der Waals surface area contributed by atoms with E-state index in [0.717, 1.165) is 0 Å². The van der Waals surface area contributed by atoms with Gasteiger partial charge in [-0.1, -0.05) is 0 Å². The van der Waals surface area contributed by atoms with Gasteiger partial charge in [0.2, 0.25) is 11.7 Å². The van der Waals surface area contributed by atoms with Crippen LogP contribution in [0.3, 0.4) is 0 Å². The zero-order chi connectivity index (χ0) is 20.6. The molecule has 0 aliphatic rings. The second-order valence-electron chi connectivity index (χ2n) is 5.31. The van der Waals surface area contributed by atoms with Gasteiger partial charge in [0.15, 0.2) is 11.5 Å². The second kappa shape index (κ2) is 10.1. The van der Waals surface area contributed by atoms with Crippen LogP contribution in [0.1, 0.15) is 19.4 Å². The highest BCUT2D eigenvalue weighted by atomic mass is 31.2. The van der Waals surface area contributed by atoms with E-state index >= 15 is 0 Å². The number of aromatic hydroxyl groups is 1. The third-order valence-corrected chi connectivity index (χ3v) is 5.75. The van der Waals surface area contributed by atoms with Crippen molar-refractivity contribution in [2.75, 3.05) is 32.8 Å². The van der Waals surface area contributed by atoms with Crippen LogP contribution in [0.25, 0.3) is 5.31 Å². The molecule has 2 aromatic rings. The van der Waals surface area contributed by atoms with E-state index in [0.29, 0.717) is 11.5 Å². The maximum absolute atomic E-state index is 13.5. The molecule has 28 heavy (non-hydrogen) atoms. The normalized spacial score (nSPS) is 11.9. The molecule has 1 aromatic heterocycles. The number of phenols is 1. The van der Waals surface area contributed by atoms with Crippen molar-refractivity contribution in [3.8, 4) is 17.2 Å². The lowest BCUT2D eigenvalue weighted by atomic mass is 10.1. The number of nitrogens with zero attached hydrogens (tertiary/aromatic N) is 2. The third-order valence-electron chi connectivity index (χ3n) is 3.57. The number of aromatic nitrogens is 2. The van der Waals surface area contributed by atoms with Crippen LogP contribution in [-0.2, 0) is 13.6 Å². The largest absolute Gasteiger partial charge is 0.502 e. The molecule has 0 radical (unpaired) electrons. The van der Waals surface area contributed by atoms with Crippen LogP contribution in [0.5, 0.6) is 17.2 Å². The maximum Gasteiger partial charge on any atom is 0.363 e. The van der Waals surface area contributed by atoms with Gasteiger partial charge in [-0.3, -0.25) is 4.57 Å². The van der Waals surface area contributed by atoms with Crippen molar-refractivity contribution in [3.63, 3.8) is 0 Å². The second-order valence-corrected chi connectivity index (χ2v) is 7.30. The highest BCUT2D eigenvalue weighted by molar-refractivity contribution is 7.65. The van der Waals surface area contributed by atoms with Gasteiger partial charge in [-0.15, -0.1) is 0 Å². The number of methoxy groups -OCH3 is 2. The molecule has 0 aliphatic heterocycles. The molecule has 9 nitrogen and oxygen atoms in total. The highest BCUT2D eigenvalue weighted by Crippen LogP contribution is 2.61. The maximum atomic E-state index is 13.5. The molecule has 0 bridgehead atoms. The van der Waals surface area contributed by atoms with Gasteiger partial charge < -0.3 is 28.9 Å². The molecular weight excluding hydrogens is 385 g/mol. The van der Waals surface area contributed by atoms with Crippen LogP contribution in [0.2, 0.25) is 0 Å². The first-order valence-corrected chi connectivity index (χ1v) is 10.1. The molecule has 0 fully saturated rings. The average Bonchev–Trinajstić information content (AvgIpc) is 2.70. The molecule has 152 valence electrons. The Balaban J connectivity index is 2.62. The molecule has 2 rings (SSSR count). The summed E-state index contributed by atoms with van der Waals surface area (Å²) >= 11 is 0. The van der Waals surface area contributed by atoms with Crippen LogP contribution in [0.4, 0.5) is 5.95 Å². The number of phenolic OH excluding ortho intramolecular Hbond substituents is 1. The van der Waals surface area contributed by atoms with E-state index in [2.05, 4.69) is 15.3 Å². The number of benzene rings is 1. The molecule has 0 saturated heterocycles. The summed E-state index contributed by atoms with van der Waals surface area (Å²) in [6.45, 7) is 3.77. The van der Waals surface area contributed by atoms with Crippen LogP contribution in [0, 0.1) is 0 Å². The lowest BCUT2D eigenvalue weighted by Crippen LogP contribution is -2.03. The molecule has 1 heterocycles. The lowest BCUT2D eigenvalue weighted by Gasteiger charge is -2.21. The number of ether oxygens (including phenoxy) is 2. The molecule has 2 N–H and O–H groups in total. The first kappa shape index (κ1) is 21.7. The Labute approximate surface area is 163 Å². The molecule has 0 atom stereocenters. The summed E-state index contributed by atoms with van der Waals surface area (Å²) in [6.07, 6.45) is 4.59. The van der Waals surface area contributed by atoms with Crippen molar-refractivity contribution in [1.82, 2.24) is 9.97 Å². The van der Waals surface area contributed by atoms with E-state index in [9.17, 15) is 9.67 Å². The fourth-order valence-corrected chi connectivity index (χ4v) is 4.09. The van der Waals surface area contributed by atoms with E-state index in [1.165, 1.54) is 32.6 Å². The molecule has 10 heteroatoms. The van der Waals surface area contributed by atoms with Gasteiger partial charge in [0.25, 0.3) is 0 Å². The minimum atomic E-state index is -3.71. The molecule has 0 spiro atoms. The Bertz CT molecular complexity index is 825. The molecule has 0 amide bonds. The van der Waals surface area contributed by atoms with Crippen LogP contribution >= 0.6 is 7.60 Å². The van der Waals surface area contributed by atoms with Crippen molar-refractivity contribution in [2.24, 2.45) is 0 Å². The van der Waals surface area contributed by atoms with Crippen molar-refractivity contribution in [2.45, 2.75) is 13.8 Å². The molecule has 0 saturated carbocycles. The Kier molecular flexibility index (Phi) is 7.80. The molecule has 0 aliphatic carbocycles. The van der Waals surface area contributed by atoms with Crippen LogP contribution in [-0.4, -0.2) is 42.5 Å². The van der Waals surface area contributed by atoms with Crippen molar-refractivity contribution in [3.05, 3.63) is 42.4 Å². The van der Waals surface area contributed by atoms with Gasteiger partial charge in [-0.2, -0.15) is 0 Å². The molecular formula is C18H24N3O6P. The number of rotatable bonds is 10. The summed E-state index contributed by atoms with van der Waals surface area (Å²) < 4.78 is 34.9. The van der Waals surface area contributed by atoms with E-state index in [-0.39, 0.29) is 35.8 Å².